The third-order valence-corrected chi connectivity index (χ3v) is 4.86. The van der Waals surface area contributed by atoms with Crippen molar-refractivity contribution in [1.82, 2.24) is 4.98 Å². The Hall–Kier alpha value is -1.83. The van der Waals surface area contributed by atoms with E-state index < -0.39 is 0 Å². The Labute approximate surface area is 133 Å². The summed E-state index contributed by atoms with van der Waals surface area (Å²) in [5.74, 6) is 2.15. The van der Waals surface area contributed by atoms with Crippen molar-refractivity contribution >= 4 is 0 Å². The van der Waals surface area contributed by atoms with Crippen LogP contribution in [0, 0.1) is 5.92 Å². The highest BCUT2D eigenvalue weighted by Crippen LogP contribution is 2.36. The van der Waals surface area contributed by atoms with Crippen LogP contribution in [0.1, 0.15) is 55.7 Å². The van der Waals surface area contributed by atoms with Crippen LogP contribution in [0.3, 0.4) is 0 Å². The van der Waals surface area contributed by atoms with Gasteiger partial charge in [-0.15, -0.1) is 0 Å². The molecule has 0 N–H and O–H groups in total. The molecule has 1 fully saturated rings. The highest BCUT2D eigenvalue weighted by Gasteiger charge is 2.22. The van der Waals surface area contributed by atoms with Crippen LogP contribution in [0.15, 0.2) is 48.7 Å². The summed E-state index contributed by atoms with van der Waals surface area (Å²) in [5, 5.41) is 0. The van der Waals surface area contributed by atoms with Gasteiger partial charge in [0, 0.05) is 17.8 Å². The van der Waals surface area contributed by atoms with Crippen molar-refractivity contribution in [3.8, 4) is 5.75 Å². The van der Waals surface area contributed by atoms with Crippen molar-refractivity contribution < 1.29 is 4.74 Å². The lowest BCUT2D eigenvalue weighted by molar-refractivity contribution is 0.326. The average molecular weight is 295 g/mol. The summed E-state index contributed by atoms with van der Waals surface area (Å²) in [6.45, 7) is 0. The molecule has 2 nitrogen and oxygen atoms in total. The van der Waals surface area contributed by atoms with Crippen LogP contribution in [0.2, 0.25) is 0 Å². The zero-order chi connectivity index (χ0) is 15.2. The molecule has 0 spiro atoms. The first-order valence-electron chi connectivity index (χ1n) is 8.41. The maximum atomic E-state index is 5.29. The van der Waals surface area contributed by atoms with E-state index in [0.717, 1.165) is 11.7 Å². The summed E-state index contributed by atoms with van der Waals surface area (Å²) in [6, 6.07) is 14.8. The van der Waals surface area contributed by atoms with E-state index in [1.807, 2.05) is 12.3 Å². The fraction of sp³-hybridized carbons (Fsp3) is 0.450. The fourth-order valence-electron chi connectivity index (χ4n) is 3.60. The first-order valence-corrected chi connectivity index (χ1v) is 8.41. The quantitative estimate of drug-likeness (QED) is 0.757. The van der Waals surface area contributed by atoms with Gasteiger partial charge in [-0.3, -0.25) is 4.98 Å². The molecule has 0 amide bonds. The molecule has 1 aliphatic carbocycles. The fourth-order valence-corrected chi connectivity index (χ4v) is 3.60. The number of pyridine rings is 1. The summed E-state index contributed by atoms with van der Waals surface area (Å²) < 4.78 is 5.29. The zero-order valence-electron chi connectivity index (χ0n) is 13.4. The average Bonchev–Trinajstić information content (AvgIpc) is 2.61. The largest absolute Gasteiger partial charge is 0.497 e. The van der Waals surface area contributed by atoms with Crippen molar-refractivity contribution in [3.05, 3.63) is 59.9 Å². The van der Waals surface area contributed by atoms with E-state index in [9.17, 15) is 0 Å². The van der Waals surface area contributed by atoms with Crippen LogP contribution in [-0.4, -0.2) is 12.1 Å². The number of aromatic nitrogens is 1. The molecule has 1 aliphatic rings. The van der Waals surface area contributed by atoms with Gasteiger partial charge in [0.15, 0.2) is 0 Å². The minimum atomic E-state index is 0.398. The Morgan fingerprint density at radius 2 is 1.82 bits per heavy atom. The summed E-state index contributed by atoms with van der Waals surface area (Å²) in [5.41, 5.74) is 2.54. The molecule has 116 valence electrons. The van der Waals surface area contributed by atoms with E-state index in [1.54, 1.807) is 7.11 Å². The molecule has 1 aromatic heterocycles. The number of nitrogens with zero attached hydrogens (tertiary/aromatic N) is 1. The van der Waals surface area contributed by atoms with Crippen molar-refractivity contribution in [1.29, 1.82) is 0 Å². The van der Waals surface area contributed by atoms with E-state index in [1.165, 1.54) is 49.8 Å². The van der Waals surface area contributed by atoms with Gasteiger partial charge in [0.05, 0.1) is 7.11 Å². The molecule has 0 aliphatic heterocycles. The molecule has 3 rings (SSSR count). The monoisotopic (exact) mass is 295 g/mol. The van der Waals surface area contributed by atoms with Crippen LogP contribution >= 0.6 is 0 Å². The zero-order valence-corrected chi connectivity index (χ0v) is 13.4. The molecule has 2 aromatic rings. The Morgan fingerprint density at radius 1 is 1.05 bits per heavy atom. The first kappa shape index (κ1) is 15.1. The second-order valence-electron chi connectivity index (χ2n) is 6.32. The number of rotatable bonds is 5. The highest BCUT2D eigenvalue weighted by molar-refractivity contribution is 5.33. The number of benzene rings is 1. The van der Waals surface area contributed by atoms with Gasteiger partial charge in [0.25, 0.3) is 0 Å². The molecule has 0 saturated heterocycles. The van der Waals surface area contributed by atoms with Gasteiger partial charge in [-0.2, -0.15) is 0 Å². The molecule has 0 bridgehead atoms. The Bertz CT molecular complexity index is 558. The molecule has 1 saturated carbocycles. The summed E-state index contributed by atoms with van der Waals surface area (Å²) >= 11 is 0. The standard InChI is InChI=1S/C20H25NO/c1-22-18-12-10-17(11-13-18)19(20-9-5-6-14-21-20)15-16-7-3-2-4-8-16/h5-6,9-14,16,19H,2-4,7-8,15H2,1H3/t19-/m0/s1. The lowest BCUT2D eigenvalue weighted by atomic mass is 9.79. The number of ether oxygens (including phenoxy) is 1. The second-order valence-corrected chi connectivity index (χ2v) is 6.32. The highest BCUT2D eigenvalue weighted by atomic mass is 16.5. The lowest BCUT2D eigenvalue weighted by Gasteiger charge is -2.26. The van der Waals surface area contributed by atoms with Crippen molar-refractivity contribution in [2.24, 2.45) is 5.92 Å². The van der Waals surface area contributed by atoms with E-state index >= 15 is 0 Å². The topological polar surface area (TPSA) is 22.1 Å². The van der Waals surface area contributed by atoms with E-state index in [0.29, 0.717) is 5.92 Å². The molecule has 1 aromatic carbocycles. The van der Waals surface area contributed by atoms with Gasteiger partial charge < -0.3 is 4.74 Å². The molecular formula is C20H25NO. The van der Waals surface area contributed by atoms with Gasteiger partial charge in [-0.05, 0) is 42.2 Å². The van der Waals surface area contributed by atoms with E-state index in [-0.39, 0.29) is 0 Å². The smallest absolute Gasteiger partial charge is 0.118 e. The molecular weight excluding hydrogens is 270 g/mol. The maximum absolute atomic E-state index is 5.29. The predicted molar refractivity (Wildman–Crippen MR) is 90.3 cm³/mol. The predicted octanol–water partition coefficient (Wildman–Crippen LogP) is 5.19. The molecule has 2 heteroatoms. The Balaban J connectivity index is 1.84. The van der Waals surface area contributed by atoms with Crippen molar-refractivity contribution in [2.75, 3.05) is 7.11 Å². The number of hydrogen-bond acceptors (Lipinski definition) is 2. The van der Waals surface area contributed by atoms with Crippen molar-refractivity contribution in [3.63, 3.8) is 0 Å². The summed E-state index contributed by atoms with van der Waals surface area (Å²) in [4.78, 5) is 4.63. The van der Waals surface area contributed by atoms with Crippen LogP contribution in [-0.2, 0) is 0 Å². The molecule has 1 heterocycles. The minimum Gasteiger partial charge on any atom is -0.497 e. The molecule has 0 radical (unpaired) electrons. The maximum Gasteiger partial charge on any atom is 0.118 e. The molecule has 1 atom stereocenters. The van der Waals surface area contributed by atoms with Gasteiger partial charge >= 0.3 is 0 Å². The third-order valence-electron chi connectivity index (χ3n) is 4.86. The number of methoxy groups -OCH3 is 1. The summed E-state index contributed by atoms with van der Waals surface area (Å²) in [7, 11) is 1.72. The Morgan fingerprint density at radius 3 is 2.45 bits per heavy atom. The summed E-state index contributed by atoms with van der Waals surface area (Å²) in [6.07, 6.45) is 10.1. The van der Waals surface area contributed by atoms with Crippen LogP contribution in [0.4, 0.5) is 0 Å². The van der Waals surface area contributed by atoms with Gasteiger partial charge in [0.2, 0.25) is 0 Å². The lowest BCUT2D eigenvalue weighted by Crippen LogP contribution is -2.13. The van der Waals surface area contributed by atoms with E-state index in [2.05, 4.69) is 41.4 Å². The molecule has 22 heavy (non-hydrogen) atoms. The second kappa shape index (κ2) is 7.44. The third kappa shape index (κ3) is 3.68. The van der Waals surface area contributed by atoms with Gasteiger partial charge in [-0.25, -0.2) is 0 Å². The van der Waals surface area contributed by atoms with Crippen molar-refractivity contribution in [2.45, 2.75) is 44.4 Å². The minimum absolute atomic E-state index is 0.398. The SMILES string of the molecule is COc1ccc([C@H](CC2CCCCC2)c2ccccn2)cc1. The first-order chi connectivity index (χ1) is 10.9. The van der Waals surface area contributed by atoms with E-state index in [4.69, 9.17) is 4.74 Å². The Kier molecular flexibility index (Phi) is 5.10. The van der Waals surface area contributed by atoms with Gasteiger partial charge in [0.1, 0.15) is 5.75 Å². The van der Waals surface area contributed by atoms with Crippen LogP contribution in [0.5, 0.6) is 5.75 Å². The van der Waals surface area contributed by atoms with Crippen LogP contribution < -0.4 is 4.74 Å². The van der Waals surface area contributed by atoms with Gasteiger partial charge in [-0.1, -0.05) is 50.3 Å². The number of hydrogen-bond donors (Lipinski definition) is 0. The molecule has 0 unspecified atom stereocenters. The van der Waals surface area contributed by atoms with Crippen LogP contribution in [0.25, 0.3) is 0 Å². The normalized spacial score (nSPS) is 17.1.